The average Bonchev–Trinajstić information content (AvgIpc) is 2.38. The summed E-state index contributed by atoms with van der Waals surface area (Å²) in [6.45, 7) is 2.18. The SMILES string of the molecule is COCCNCCCCc1ccc(F)c(C(F)(F)F)c1. The molecule has 0 radical (unpaired) electrons. The van der Waals surface area contributed by atoms with Crippen LogP contribution in [-0.2, 0) is 17.3 Å². The van der Waals surface area contributed by atoms with Gasteiger partial charge in [0.2, 0.25) is 0 Å². The largest absolute Gasteiger partial charge is 0.419 e. The van der Waals surface area contributed by atoms with Crippen LogP contribution in [0, 0.1) is 5.82 Å². The number of ether oxygens (including phenoxy) is 1. The monoisotopic (exact) mass is 293 g/mol. The standard InChI is InChI=1S/C14H19F4NO/c1-20-9-8-19-7-3-2-4-11-5-6-13(15)12(10-11)14(16,17)18/h5-6,10,19H,2-4,7-9H2,1H3. The lowest BCUT2D eigenvalue weighted by Gasteiger charge is -2.10. The van der Waals surface area contributed by atoms with E-state index in [1.807, 2.05) is 0 Å². The van der Waals surface area contributed by atoms with Crippen LogP contribution in [0.15, 0.2) is 18.2 Å². The van der Waals surface area contributed by atoms with Crippen molar-refractivity contribution in [2.24, 2.45) is 0 Å². The van der Waals surface area contributed by atoms with E-state index in [9.17, 15) is 17.6 Å². The number of alkyl halides is 3. The van der Waals surface area contributed by atoms with E-state index in [2.05, 4.69) is 5.32 Å². The molecule has 0 aromatic heterocycles. The van der Waals surface area contributed by atoms with E-state index in [1.54, 1.807) is 7.11 Å². The maximum absolute atomic E-state index is 13.1. The van der Waals surface area contributed by atoms with Gasteiger partial charge in [-0.2, -0.15) is 13.2 Å². The summed E-state index contributed by atoms with van der Waals surface area (Å²) in [4.78, 5) is 0. The summed E-state index contributed by atoms with van der Waals surface area (Å²) >= 11 is 0. The van der Waals surface area contributed by atoms with E-state index >= 15 is 0 Å². The zero-order chi connectivity index (χ0) is 15.0. The van der Waals surface area contributed by atoms with E-state index in [0.717, 1.165) is 38.1 Å². The Morgan fingerprint density at radius 2 is 1.90 bits per heavy atom. The quantitative estimate of drug-likeness (QED) is 0.586. The Balaban J connectivity index is 2.38. The van der Waals surface area contributed by atoms with Crippen molar-refractivity contribution in [2.75, 3.05) is 26.8 Å². The van der Waals surface area contributed by atoms with Crippen LogP contribution in [0.1, 0.15) is 24.0 Å². The number of unbranched alkanes of at least 4 members (excludes halogenated alkanes) is 1. The zero-order valence-corrected chi connectivity index (χ0v) is 11.4. The molecule has 0 fully saturated rings. The van der Waals surface area contributed by atoms with Crippen LogP contribution in [0.3, 0.4) is 0 Å². The van der Waals surface area contributed by atoms with Crippen molar-refractivity contribution in [3.05, 3.63) is 35.1 Å². The third kappa shape index (κ3) is 5.88. The first-order valence-corrected chi connectivity index (χ1v) is 6.50. The highest BCUT2D eigenvalue weighted by Gasteiger charge is 2.34. The van der Waals surface area contributed by atoms with E-state index in [-0.39, 0.29) is 0 Å². The second-order valence-corrected chi connectivity index (χ2v) is 4.51. The van der Waals surface area contributed by atoms with Gasteiger partial charge >= 0.3 is 6.18 Å². The number of nitrogens with one attached hydrogen (secondary N) is 1. The summed E-state index contributed by atoms with van der Waals surface area (Å²) < 4.78 is 55.5. The topological polar surface area (TPSA) is 21.3 Å². The normalized spacial score (nSPS) is 11.8. The van der Waals surface area contributed by atoms with Crippen LogP contribution in [0.25, 0.3) is 0 Å². The van der Waals surface area contributed by atoms with Crippen molar-refractivity contribution in [3.63, 3.8) is 0 Å². The Hall–Kier alpha value is -1.14. The predicted octanol–water partition coefficient (Wildman–Crippen LogP) is 3.40. The molecule has 0 atom stereocenters. The van der Waals surface area contributed by atoms with Gasteiger partial charge < -0.3 is 10.1 Å². The van der Waals surface area contributed by atoms with Crippen LogP contribution in [-0.4, -0.2) is 26.8 Å². The maximum Gasteiger partial charge on any atom is 0.419 e. The molecule has 0 unspecified atom stereocenters. The van der Waals surface area contributed by atoms with Gasteiger partial charge in [0.05, 0.1) is 12.2 Å². The molecule has 0 aliphatic carbocycles. The van der Waals surface area contributed by atoms with Gasteiger partial charge in [0, 0.05) is 13.7 Å². The molecule has 0 aliphatic heterocycles. The van der Waals surface area contributed by atoms with Gasteiger partial charge in [-0.05, 0) is 43.5 Å². The molecule has 0 amide bonds. The summed E-state index contributed by atoms with van der Waals surface area (Å²) in [5.74, 6) is -1.22. The molecule has 2 nitrogen and oxygen atoms in total. The maximum atomic E-state index is 13.1. The fraction of sp³-hybridized carbons (Fsp3) is 0.571. The minimum Gasteiger partial charge on any atom is -0.383 e. The fourth-order valence-electron chi connectivity index (χ4n) is 1.82. The van der Waals surface area contributed by atoms with Crippen LogP contribution in [0.4, 0.5) is 17.6 Å². The molecule has 0 saturated carbocycles. The first-order valence-electron chi connectivity index (χ1n) is 6.50. The van der Waals surface area contributed by atoms with Gasteiger partial charge in [0.25, 0.3) is 0 Å². The third-order valence-corrected chi connectivity index (χ3v) is 2.89. The first-order chi connectivity index (χ1) is 9.45. The third-order valence-electron chi connectivity index (χ3n) is 2.89. The zero-order valence-electron chi connectivity index (χ0n) is 11.4. The van der Waals surface area contributed by atoms with E-state index < -0.39 is 17.6 Å². The van der Waals surface area contributed by atoms with Gasteiger partial charge in [0.15, 0.2) is 0 Å². The van der Waals surface area contributed by atoms with Crippen molar-refractivity contribution in [1.82, 2.24) is 5.32 Å². The molecule has 20 heavy (non-hydrogen) atoms. The molecule has 0 heterocycles. The van der Waals surface area contributed by atoms with E-state index in [0.29, 0.717) is 18.6 Å². The first kappa shape index (κ1) is 16.9. The summed E-state index contributed by atoms with van der Waals surface area (Å²) in [7, 11) is 1.62. The van der Waals surface area contributed by atoms with Crippen molar-refractivity contribution in [2.45, 2.75) is 25.4 Å². The number of hydrogen-bond donors (Lipinski definition) is 1. The number of rotatable bonds is 8. The highest BCUT2D eigenvalue weighted by Crippen LogP contribution is 2.32. The molecule has 0 spiro atoms. The molecular formula is C14H19F4NO. The Bertz CT molecular complexity index is 407. The van der Waals surface area contributed by atoms with Crippen LogP contribution in [0.5, 0.6) is 0 Å². The molecular weight excluding hydrogens is 274 g/mol. The minimum absolute atomic E-state index is 0.509. The molecule has 1 N–H and O–H groups in total. The lowest BCUT2D eigenvalue weighted by molar-refractivity contribution is -0.140. The highest BCUT2D eigenvalue weighted by molar-refractivity contribution is 5.27. The summed E-state index contributed by atoms with van der Waals surface area (Å²) in [5, 5.41) is 3.15. The summed E-state index contributed by atoms with van der Waals surface area (Å²) in [6.07, 6.45) is -2.53. The van der Waals surface area contributed by atoms with Crippen LogP contribution < -0.4 is 5.32 Å². The smallest absolute Gasteiger partial charge is 0.383 e. The molecule has 114 valence electrons. The molecule has 6 heteroatoms. The lowest BCUT2D eigenvalue weighted by atomic mass is 10.0. The Labute approximate surface area is 116 Å². The van der Waals surface area contributed by atoms with E-state index in [4.69, 9.17) is 4.74 Å². The van der Waals surface area contributed by atoms with E-state index in [1.165, 1.54) is 6.07 Å². The Morgan fingerprint density at radius 3 is 2.55 bits per heavy atom. The van der Waals surface area contributed by atoms with Crippen LogP contribution in [0.2, 0.25) is 0 Å². The second kappa shape index (κ2) is 8.21. The average molecular weight is 293 g/mol. The minimum atomic E-state index is -4.64. The van der Waals surface area contributed by atoms with Gasteiger partial charge in [-0.25, -0.2) is 4.39 Å². The van der Waals surface area contributed by atoms with Gasteiger partial charge in [-0.1, -0.05) is 6.07 Å². The van der Waals surface area contributed by atoms with Crippen molar-refractivity contribution in [3.8, 4) is 0 Å². The second-order valence-electron chi connectivity index (χ2n) is 4.51. The Kier molecular flexibility index (Phi) is 6.95. The van der Waals surface area contributed by atoms with Gasteiger partial charge in [-0.3, -0.25) is 0 Å². The molecule has 1 rings (SSSR count). The lowest BCUT2D eigenvalue weighted by Crippen LogP contribution is -2.20. The van der Waals surface area contributed by atoms with Gasteiger partial charge in [-0.15, -0.1) is 0 Å². The number of benzene rings is 1. The Morgan fingerprint density at radius 1 is 1.15 bits per heavy atom. The number of methoxy groups -OCH3 is 1. The fourth-order valence-corrected chi connectivity index (χ4v) is 1.82. The van der Waals surface area contributed by atoms with Gasteiger partial charge in [0.1, 0.15) is 5.82 Å². The predicted molar refractivity (Wildman–Crippen MR) is 69.1 cm³/mol. The molecule has 0 aliphatic rings. The van der Waals surface area contributed by atoms with Crippen molar-refractivity contribution < 1.29 is 22.3 Å². The molecule has 0 saturated heterocycles. The number of aryl methyl sites for hydroxylation is 1. The molecule has 0 bridgehead atoms. The van der Waals surface area contributed by atoms with Crippen LogP contribution >= 0.6 is 0 Å². The highest BCUT2D eigenvalue weighted by atomic mass is 19.4. The summed E-state index contributed by atoms with van der Waals surface area (Å²) in [6, 6.07) is 3.19. The molecule has 1 aromatic carbocycles. The van der Waals surface area contributed by atoms with Crippen molar-refractivity contribution in [1.29, 1.82) is 0 Å². The summed E-state index contributed by atoms with van der Waals surface area (Å²) in [5.41, 5.74) is -0.677. The number of halogens is 4. The molecule has 1 aromatic rings. The number of hydrogen-bond acceptors (Lipinski definition) is 2. The van der Waals surface area contributed by atoms with Crippen molar-refractivity contribution >= 4 is 0 Å².